The summed E-state index contributed by atoms with van der Waals surface area (Å²) in [5.74, 6) is 0.473. The van der Waals surface area contributed by atoms with Crippen LogP contribution in [0.1, 0.15) is 38.1 Å². The Bertz CT molecular complexity index is 993. The number of nitriles is 1. The molecule has 1 N–H and O–H groups in total. The highest BCUT2D eigenvalue weighted by molar-refractivity contribution is 5.94. The standard InChI is InChI=1S/C18H18N6O2/c19-7-5-15(12-3-1-2-4-12)24-10-13(9-22-24)16-14-6-8-23(18(25)26)17(14)21-11-20-16/h6,8-12,15H,1-5H2,(H,25,26). The van der Waals surface area contributed by atoms with Gasteiger partial charge >= 0.3 is 6.09 Å². The van der Waals surface area contributed by atoms with Gasteiger partial charge in [0, 0.05) is 23.3 Å². The molecule has 0 amide bonds. The highest BCUT2D eigenvalue weighted by atomic mass is 16.4. The summed E-state index contributed by atoms with van der Waals surface area (Å²) >= 11 is 0. The van der Waals surface area contributed by atoms with Crippen molar-refractivity contribution in [2.75, 3.05) is 0 Å². The van der Waals surface area contributed by atoms with Crippen LogP contribution >= 0.6 is 0 Å². The van der Waals surface area contributed by atoms with E-state index in [2.05, 4.69) is 21.1 Å². The van der Waals surface area contributed by atoms with Crippen molar-refractivity contribution in [3.8, 4) is 17.3 Å². The van der Waals surface area contributed by atoms with Gasteiger partial charge in [-0.3, -0.25) is 4.68 Å². The van der Waals surface area contributed by atoms with Gasteiger partial charge in [-0.25, -0.2) is 19.3 Å². The highest BCUT2D eigenvalue weighted by Gasteiger charge is 2.27. The summed E-state index contributed by atoms with van der Waals surface area (Å²) in [6.07, 6.45) is 10.5. The number of nitrogens with zero attached hydrogens (tertiary/aromatic N) is 6. The number of carboxylic acid groups (broad SMARTS) is 1. The van der Waals surface area contributed by atoms with Crippen molar-refractivity contribution in [2.24, 2.45) is 5.92 Å². The number of aromatic nitrogens is 5. The van der Waals surface area contributed by atoms with Gasteiger partial charge in [0.15, 0.2) is 5.65 Å². The van der Waals surface area contributed by atoms with Crippen LogP contribution in [0.2, 0.25) is 0 Å². The molecule has 0 spiro atoms. The zero-order valence-corrected chi connectivity index (χ0v) is 14.1. The van der Waals surface area contributed by atoms with Crippen LogP contribution in [0.5, 0.6) is 0 Å². The smallest absolute Gasteiger partial charge is 0.417 e. The van der Waals surface area contributed by atoms with Crippen LogP contribution in [0.15, 0.2) is 31.0 Å². The fourth-order valence-electron chi connectivity index (χ4n) is 3.89. The molecule has 0 saturated heterocycles. The fraction of sp³-hybridized carbons (Fsp3) is 0.389. The van der Waals surface area contributed by atoms with Crippen molar-refractivity contribution in [1.82, 2.24) is 24.3 Å². The van der Waals surface area contributed by atoms with Crippen LogP contribution in [0.25, 0.3) is 22.3 Å². The van der Waals surface area contributed by atoms with Crippen LogP contribution in [-0.4, -0.2) is 35.5 Å². The van der Waals surface area contributed by atoms with Crippen molar-refractivity contribution >= 4 is 17.1 Å². The Morgan fingerprint density at radius 1 is 1.38 bits per heavy atom. The van der Waals surface area contributed by atoms with Gasteiger partial charge in [-0.05, 0) is 24.8 Å². The number of hydrogen-bond donors (Lipinski definition) is 1. The molecule has 3 heterocycles. The molecule has 1 aliphatic carbocycles. The Morgan fingerprint density at radius 3 is 2.92 bits per heavy atom. The molecule has 8 heteroatoms. The molecule has 26 heavy (non-hydrogen) atoms. The number of fused-ring (bicyclic) bond motifs is 1. The molecular weight excluding hydrogens is 332 g/mol. The van der Waals surface area contributed by atoms with E-state index in [0.29, 0.717) is 29.1 Å². The summed E-state index contributed by atoms with van der Waals surface area (Å²) < 4.78 is 2.94. The van der Waals surface area contributed by atoms with Crippen LogP contribution in [-0.2, 0) is 0 Å². The third-order valence-corrected chi connectivity index (χ3v) is 5.15. The zero-order valence-electron chi connectivity index (χ0n) is 14.1. The molecule has 0 aliphatic heterocycles. The normalized spacial score (nSPS) is 16.0. The summed E-state index contributed by atoms with van der Waals surface area (Å²) in [4.78, 5) is 19.7. The van der Waals surface area contributed by atoms with E-state index in [9.17, 15) is 15.2 Å². The minimum atomic E-state index is -1.09. The molecule has 4 rings (SSSR count). The molecule has 0 bridgehead atoms. The van der Waals surface area contributed by atoms with E-state index in [0.717, 1.165) is 23.0 Å². The Balaban J connectivity index is 1.73. The first-order chi connectivity index (χ1) is 12.7. The van der Waals surface area contributed by atoms with E-state index in [4.69, 9.17) is 0 Å². The quantitative estimate of drug-likeness (QED) is 0.771. The second-order valence-corrected chi connectivity index (χ2v) is 6.61. The molecule has 3 aromatic heterocycles. The van der Waals surface area contributed by atoms with Crippen molar-refractivity contribution in [3.05, 3.63) is 31.0 Å². The summed E-state index contributed by atoms with van der Waals surface area (Å²) in [7, 11) is 0. The number of hydrogen-bond acceptors (Lipinski definition) is 5. The van der Waals surface area contributed by atoms with Crippen LogP contribution in [0.4, 0.5) is 4.79 Å². The third-order valence-electron chi connectivity index (χ3n) is 5.15. The maximum absolute atomic E-state index is 11.3. The monoisotopic (exact) mass is 350 g/mol. The van der Waals surface area contributed by atoms with E-state index in [1.54, 1.807) is 12.3 Å². The molecule has 1 aliphatic rings. The third kappa shape index (κ3) is 2.71. The maximum Gasteiger partial charge on any atom is 0.417 e. The van der Waals surface area contributed by atoms with Gasteiger partial charge in [-0.1, -0.05) is 12.8 Å². The lowest BCUT2D eigenvalue weighted by atomic mass is 9.96. The molecule has 0 radical (unpaired) electrons. The van der Waals surface area contributed by atoms with Crippen LogP contribution in [0.3, 0.4) is 0 Å². The lowest BCUT2D eigenvalue weighted by molar-refractivity contribution is 0.197. The van der Waals surface area contributed by atoms with Gasteiger partial charge < -0.3 is 5.11 Å². The summed E-state index contributed by atoms with van der Waals surface area (Å²) in [6, 6.07) is 4.04. The first-order valence-electron chi connectivity index (χ1n) is 8.66. The van der Waals surface area contributed by atoms with E-state index >= 15 is 0 Å². The minimum Gasteiger partial charge on any atom is -0.464 e. The van der Waals surface area contributed by atoms with E-state index in [1.165, 1.54) is 25.4 Å². The van der Waals surface area contributed by atoms with Crippen molar-refractivity contribution in [1.29, 1.82) is 5.26 Å². The number of rotatable bonds is 4. The van der Waals surface area contributed by atoms with E-state index in [1.807, 2.05) is 10.9 Å². The van der Waals surface area contributed by atoms with Gasteiger partial charge in [0.25, 0.3) is 0 Å². The van der Waals surface area contributed by atoms with Crippen LogP contribution < -0.4 is 0 Å². The predicted molar refractivity (Wildman–Crippen MR) is 93.4 cm³/mol. The number of carbonyl (C=O) groups is 1. The first kappa shape index (κ1) is 16.3. The molecule has 1 fully saturated rings. The van der Waals surface area contributed by atoms with Gasteiger partial charge in [0.05, 0.1) is 30.4 Å². The van der Waals surface area contributed by atoms with E-state index < -0.39 is 6.09 Å². The highest BCUT2D eigenvalue weighted by Crippen LogP contribution is 2.36. The molecule has 3 aromatic rings. The lowest BCUT2D eigenvalue weighted by Gasteiger charge is -2.21. The molecular formula is C18H18N6O2. The van der Waals surface area contributed by atoms with Gasteiger partial charge in [-0.2, -0.15) is 10.4 Å². The SMILES string of the molecule is N#CCC(C1CCCC1)n1cc(-c2ncnc3c2ccn3C(=O)O)cn1. The zero-order chi connectivity index (χ0) is 18.1. The fourth-order valence-corrected chi connectivity index (χ4v) is 3.89. The Labute approximate surface area is 149 Å². The maximum atomic E-state index is 11.3. The molecule has 1 saturated carbocycles. The van der Waals surface area contributed by atoms with Crippen molar-refractivity contribution < 1.29 is 9.90 Å². The van der Waals surface area contributed by atoms with Crippen molar-refractivity contribution in [2.45, 2.75) is 38.1 Å². The van der Waals surface area contributed by atoms with Gasteiger partial charge in [0.2, 0.25) is 0 Å². The van der Waals surface area contributed by atoms with E-state index in [-0.39, 0.29) is 6.04 Å². The Hall–Kier alpha value is -3.21. The van der Waals surface area contributed by atoms with Crippen LogP contribution in [0, 0.1) is 17.2 Å². The second-order valence-electron chi connectivity index (χ2n) is 6.61. The molecule has 0 aromatic carbocycles. The Kier molecular flexibility index (Phi) is 4.13. The predicted octanol–water partition coefficient (Wildman–Crippen LogP) is 3.47. The topological polar surface area (TPSA) is 110 Å². The first-order valence-corrected chi connectivity index (χ1v) is 8.66. The average molecular weight is 350 g/mol. The minimum absolute atomic E-state index is 0.0668. The molecule has 8 nitrogen and oxygen atoms in total. The molecule has 1 unspecified atom stereocenters. The summed E-state index contributed by atoms with van der Waals surface area (Å²) in [5, 5.41) is 23.6. The van der Waals surface area contributed by atoms with Gasteiger partial charge in [0.1, 0.15) is 6.33 Å². The molecule has 132 valence electrons. The van der Waals surface area contributed by atoms with Crippen molar-refractivity contribution in [3.63, 3.8) is 0 Å². The largest absolute Gasteiger partial charge is 0.464 e. The molecule has 1 atom stereocenters. The lowest BCUT2D eigenvalue weighted by Crippen LogP contribution is -2.17. The average Bonchev–Trinajstić information content (AvgIpc) is 3.39. The second kappa shape index (κ2) is 6.59. The Morgan fingerprint density at radius 2 is 2.19 bits per heavy atom. The van der Waals surface area contributed by atoms with Gasteiger partial charge in [-0.15, -0.1) is 0 Å². The summed E-state index contributed by atoms with van der Waals surface area (Å²) in [6.45, 7) is 0. The summed E-state index contributed by atoms with van der Waals surface area (Å²) in [5.41, 5.74) is 1.78.